The van der Waals surface area contributed by atoms with E-state index in [0.717, 1.165) is 5.56 Å². The summed E-state index contributed by atoms with van der Waals surface area (Å²) >= 11 is 0. The Kier molecular flexibility index (Phi) is 19.9. The van der Waals surface area contributed by atoms with Crippen LogP contribution in [0.3, 0.4) is 0 Å². The maximum absolute atomic E-state index is 13.8. The number of nitrogens with one attached hydrogen (secondary N) is 5. The molecule has 5 rings (SSSR count). The first-order valence-electron chi connectivity index (χ1n) is 22.3. The fraction of sp³-hybridized carbons (Fsp3) is 0.429. The highest BCUT2D eigenvalue weighted by Crippen LogP contribution is 2.15. The Balaban J connectivity index is 1.16. The van der Waals surface area contributed by atoms with Crippen molar-refractivity contribution in [1.29, 1.82) is 0 Å². The summed E-state index contributed by atoms with van der Waals surface area (Å²) in [7, 11) is 0. The number of benzene rings is 1. The van der Waals surface area contributed by atoms with Gasteiger partial charge in [0.2, 0.25) is 35.5 Å². The standard InChI is InChI=1S/C42H57N19O10/c43-35-33-36(52-23-51-35)60(24-53-33)20-31(65)59(17-15-50-42(70)71-22-26-8-3-1-4-9-26)19-30(64)48-14-16-58(32(66)21-61-25-54-34-37(61)56-41(46)57-38(34)67)18-29(63)47-12-6-2-5-11-28(62)55-27(39(68)69)10-7-13-49-40(44)45/h1,3-4,8-9,23-25,27H,2,5-7,10-22H2,(H,47,63)(H,48,64)(H,50,70)(H,55,62)(H,68,69)(H2,43,51,52)(H4,44,45,49)(H3,46,56,57,67)/t27-/m0/s1. The number of aromatic amines is 1. The SMILES string of the molecule is NC(N)=NCCC[C@H](NC(=O)CCCCCNC(=O)CN(CCNC(=O)CN(CCNC(=O)OCc1ccccc1)C(=O)Cn1cnc2c(N)ncnc21)C(=O)Cn1cnc2c(=O)[nH]c(N)nc21)C(=O)O. The van der Waals surface area contributed by atoms with E-state index in [4.69, 9.17) is 27.7 Å². The van der Waals surface area contributed by atoms with Crippen LogP contribution in [-0.4, -0.2) is 160 Å². The number of anilines is 2. The number of nitrogens with two attached hydrogens (primary N) is 4. The smallest absolute Gasteiger partial charge is 0.407 e. The number of unbranched alkanes of at least 4 members (excludes halogenated alkanes) is 2. The van der Waals surface area contributed by atoms with Crippen LogP contribution in [0.5, 0.6) is 0 Å². The van der Waals surface area contributed by atoms with Crippen LogP contribution >= 0.6 is 0 Å². The minimum absolute atomic E-state index is 0.00842. The van der Waals surface area contributed by atoms with Gasteiger partial charge in [-0.15, -0.1) is 0 Å². The second-order valence-electron chi connectivity index (χ2n) is 15.8. The zero-order valence-electron chi connectivity index (χ0n) is 38.6. The number of amides is 6. The number of carbonyl (C=O) groups excluding carboxylic acids is 6. The van der Waals surface area contributed by atoms with Crippen LogP contribution in [0.25, 0.3) is 22.3 Å². The highest BCUT2D eigenvalue weighted by atomic mass is 16.5. The van der Waals surface area contributed by atoms with Gasteiger partial charge >= 0.3 is 12.1 Å². The van der Waals surface area contributed by atoms with Gasteiger partial charge in [-0.1, -0.05) is 36.8 Å². The van der Waals surface area contributed by atoms with Gasteiger partial charge < -0.3 is 73.0 Å². The molecule has 0 fully saturated rings. The quantitative estimate of drug-likeness (QED) is 0.0137. The van der Waals surface area contributed by atoms with E-state index in [2.05, 4.69) is 56.2 Å². The van der Waals surface area contributed by atoms with Gasteiger partial charge in [0.15, 0.2) is 28.6 Å². The number of imidazole rings is 2. The maximum atomic E-state index is 13.8. The van der Waals surface area contributed by atoms with E-state index in [1.807, 2.05) is 6.07 Å². The number of hydrogen-bond donors (Lipinski definition) is 10. The summed E-state index contributed by atoms with van der Waals surface area (Å²) in [6, 6.07) is 7.89. The van der Waals surface area contributed by atoms with Crippen molar-refractivity contribution < 1.29 is 43.4 Å². The highest BCUT2D eigenvalue weighted by Gasteiger charge is 2.23. The van der Waals surface area contributed by atoms with Crippen LogP contribution in [0.2, 0.25) is 0 Å². The van der Waals surface area contributed by atoms with Crippen LogP contribution in [0, 0.1) is 0 Å². The molecule has 0 saturated heterocycles. The third-order valence-electron chi connectivity index (χ3n) is 10.5. The predicted octanol–water partition coefficient (Wildman–Crippen LogP) is -2.88. The zero-order valence-corrected chi connectivity index (χ0v) is 38.6. The van der Waals surface area contributed by atoms with Crippen molar-refractivity contribution in [3.05, 3.63) is 65.2 Å². The van der Waals surface area contributed by atoms with E-state index in [1.54, 1.807) is 24.3 Å². The molecular weight excluding hydrogens is 931 g/mol. The second-order valence-corrected chi connectivity index (χ2v) is 15.8. The Labute approximate surface area is 404 Å². The predicted molar refractivity (Wildman–Crippen MR) is 254 cm³/mol. The molecule has 380 valence electrons. The number of ether oxygens (including phenoxy) is 1. The molecule has 14 N–H and O–H groups in total. The summed E-state index contributed by atoms with van der Waals surface area (Å²) in [6.45, 7) is -1.84. The van der Waals surface area contributed by atoms with Crippen molar-refractivity contribution in [2.75, 3.05) is 63.8 Å². The van der Waals surface area contributed by atoms with Crippen molar-refractivity contribution in [3.63, 3.8) is 0 Å². The van der Waals surface area contributed by atoms with Gasteiger partial charge in [-0.05, 0) is 31.2 Å². The first-order chi connectivity index (χ1) is 34.1. The Bertz CT molecular complexity index is 2740. The number of carboxylic acid groups (broad SMARTS) is 1. The first kappa shape index (κ1) is 53.0. The van der Waals surface area contributed by atoms with Crippen LogP contribution in [0.1, 0.15) is 44.1 Å². The third-order valence-corrected chi connectivity index (χ3v) is 10.5. The van der Waals surface area contributed by atoms with Gasteiger partial charge in [-0.3, -0.25) is 38.7 Å². The maximum Gasteiger partial charge on any atom is 0.407 e. The molecule has 71 heavy (non-hydrogen) atoms. The normalized spacial score (nSPS) is 11.3. The summed E-state index contributed by atoms with van der Waals surface area (Å²) in [4.78, 5) is 132. The Hall–Kier alpha value is -8.92. The number of fused-ring (bicyclic) bond motifs is 2. The van der Waals surface area contributed by atoms with Crippen molar-refractivity contribution in [1.82, 2.24) is 70.1 Å². The van der Waals surface area contributed by atoms with Crippen molar-refractivity contribution >= 4 is 81.7 Å². The number of nitrogens with zero attached hydrogens (tertiary/aromatic N) is 10. The summed E-state index contributed by atoms with van der Waals surface area (Å²) in [6.07, 6.45) is 4.93. The van der Waals surface area contributed by atoms with Gasteiger partial charge in [0, 0.05) is 45.7 Å². The molecule has 0 saturated carbocycles. The lowest BCUT2D eigenvalue weighted by Gasteiger charge is -2.24. The van der Waals surface area contributed by atoms with E-state index in [0.29, 0.717) is 25.7 Å². The third kappa shape index (κ3) is 17.0. The molecule has 0 aliphatic carbocycles. The molecule has 0 aliphatic heterocycles. The number of H-pyrrole nitrogens is 1. The molecule has 0 spiro atoms. The molecular formula is C42H57N19O10. The van der Waals surface area contributed by atoms with Gasteiger partial charge in [-0.2, -0.15) is 4.98 Å². The fourth-order valence-electron chi connectivity index (χ4n) is 6.87. The molecule has 29 nitrogen and oxygen atoms in total. The van der Waals surface area contributed by atoms with E-state index in [9.17, 15) is 43.5 Å². The molecule has 1 atom stereocenters. The number of aromatic nitrogens is 8. The molecule has 0 bridgehead atoms. The van der Waals surface area contributed by atoms with Crippen LogP contribution in [0.4, 0.5) is 16.6 Å². The molecule has 6 amide bonds. The minimum atomic E-state index is -1.19. The molecule has 0 aliphatic rings. The first-order valence-corrected chi connectivity index (χ1v) is 22.3. The monoisotopic (exact) mass is 987 g/mol. The number of aliphatic carboxylic acids is 1. The topological polar surface area (TPSA) is 427 Å². The largest absolute Gasteiger partial charge is 0.480 e. The van der Waals surface area contributed by atoms with E-state index in [1.165, 1.54) is 37.9 Å². The molecule has 0 radical (unpaired) electrons. The van der Waals surface area contributed by atoms with Gasteiger partial charge in [0.05, 0.1) is 25.7 Å². The van der Waals surface area contributed by atoms with Gasteiger partial charge in [0.25, 0.3) is 5.56 Å². The van der Waals surface area contributed by atoms with Crippen molar-refractivity contribution in [2.24, 2.45) is 16.5 Å². The van der Waals surface area contributed by atoms with Crippen LogP contribution in [-0.2, 0) is 53.2 Å². The van der Waals surface area contributed by atoms with Crippen LogP contribution < -0.4 is 49.8 Å². The van der Waals surface area contributed by atoms with Gasteiger partial charge in [0.1, 0.15) is 37.6 Å². The number of aliphatic imine (C=N–C) groups is 1. The summed E-state index contributed by atoms with van der Waals surface area (Å²) in [5.74, 6) is -4.21. The van der Waals surface area contributed by atoms with E-state index < -0.39 is 72.8 Å². The molecule has 0 unspecified atom stereocenters. The summed E-state index contributed by atoms with van der Waals surface area (Å²) in [5, 5.41) is 19.9. The average Bonchev–Trinajstić information content (AvgIpc) is 3.94. The number of alkyl carbamates (subject to hydrolysis) is 1. The second kappa shape index (κ2) is 26.6. The summed E-state index contributed by atoms with van der Waals surface area (Å²) in [5.41, 5.74) is 22.9. The van der Waals surface area contributed by atoms with Crippen LogP contribution in [0.15, 0.2) is 59.1 Å². The van der Waals surface area contributed by atoms with E-state index >= 15 is 0 Å². The Morgan fingerprint density at radius 3 is 2.06 bits per heavy atom. The van der Waals surface area contributed by atoms with Gasteiger partial charge in [-0.25, -0.2) is 29.5 Å². The number of rotatable bonds is 28. The Morgan fingerprint density at radius 1 is 0.761 bits per heavy atom. The molecule has 5 aromatic rings. The number of carboxylic acids is 1. The lowest BCUT2D eigenvalue weighted by molar-refractivity contribution is -0.142. The number of guanidine groups is 1. The Morgan fingerprint density at radius 2 is 1.39 bits per heavy atom. The number of nitrogen functional groups attached to an aromatic ring is 2. The highest BCUT2D eigenvalue weighted by molar-refractivity contribution is 5.88. The lowest BCUT2D eigenvalue weighted by Crippen LogP contribution is -2.48. The minimum Gasteiger partial charge on any atom is -0.480 e. The molecule has 1 aromatic carbocycles. The number of hydrogen-bond acceptors (Lipinski definition) is 17. The van der Waals surface area contributed by atoms with E-state index in [-0.39, 0.29) is 105 Å². The lowest BCUT2D eigenvalue weighted by atomic mass is 10.1. The number of carbonyl (C=O) groups is 7. The van der Waals surface area contributed by atoms with Crippen molar-refractivity contribution in [2.45, 2.75) is 64.3 Å². The zero-order chi connectivity index (χ0) is 51.3. The average molecular weight is 988 g/mol. The molecule has 4 aromatic heterocycles. The van der Waals surface area contributed by atoms with Crippen molar-refractivity contribution in [3.8, 4) is 0 Å². The molecule has 4 heterocycles. The summed E-state index contributed by atoms with van der Waals surface area (Å²) < 4.78 is 7.98. The fourth-order valence-corrected chi connectivity index (χ4v) is 6.87. The molecule has 29 heteroatoms.